The van der Waals surface area contributed by atoms with Crippen molar-refractivity contribution in [2.45, 2.75) is 13.5 Å². The third-order valence-electron chi connectivity index (χ3n) is 5.88. The summed E-state index contributed by atoms with van der Waals surface area (Å²) in [5, 5.41) is 3.38. The van der Waals surface area contributed by atoms with E-state index in [2.05, 4.69) is 15.1 Å². The number of piperazine rings is 1. The van der Waals surface area contributed by atoms with E-state index in [1.165, 1.54) is 0 Å². The molecule has 0 aromatic heterocycles. The van der Waals surface area contributed by atoms with Gasteiger partial charge in [-0.25, -0.2) is 0 Å². The first-order valence-electron chi connectivity index (χ1n) is 11.2. The summed E-state index contributed by atoms with van der Waals surface area (Å²) in [7, 11) is 0. The van der Waals surface area contributed by atoms with Gasteiger partial charge >= 0.3 is 0 Å². The fourth-order valence-electron chi connectivity index (χ4n) is 3.99. The summed E-state index contributed by atoms with van der Waals surface area (Å²) < 4.78 is 10.8. The van der Waals surface area contributed by atoms with E-state index in [9.17, 15) is 9.59 Å². The van der Waals surface area contributed by atoms with E-state index >= 15 is 0 Å². The van der Waals surface area contributed by atoms with E-state index in [0.29, 0.717) is 36.9 Å². The van der Waals surface area contributed by atoms with Gasteiger partial charge in [0.2, 0.25) is 18.6 Å². The first kappa shape index (κ1) is 23.4. The van der Waals surface area contributed by atoms with Gasteiger partial charge in [-0.05, 0) is 36.8 Å². The van der Waals surface area contributed by atoms with Crippen molar-refractivity contribution in [3.8, 4) is 11.5 Å². The van der Waals surface area contributed by atoms with Crippen molar-refractivity contribution in [2.24, 2.45) is 0 Å². The maximum absolute atomic E-state index is 12.9. The number of benzene rings is 2. The van der Waals surface area contributed by atoms with Gasteiger partial charge in [-0.1, -0.05) is 29.8 Å². The van der Waals surface area contributed by atoms with Crippen molar-refractivity contribution >= 4 is 29.1 Å². The second kappa shape index (κ2) is 10.9. The smallest absolute Gasteiger partial charge is 0.238 e. The molecule has 2 aromatic carbocycles. The van der Waals surface area contributed by atoms with Gasteiger partial charge in [-0.3, -0.25) is 19.4 Å². The fraction of sp³-hybridized carbons (Fsp3) is 0.417. The quantitative estimate of drug-likeness (QED) is 0.636. The summed E-state index contributed by atoms with van der Waals surface area (Å²) in [6, 6.07) is 13.0. The highest BCUT2D eigenvalue weighted by Gasteiger charge is 2.23. The lowest BCUT2D eigenvalue weighted by Crippen LogP contribution is -2.51. The fourth-order valence-corrected chi connectivity index (χ4v) is 4.17. The monoisotopic (exact) mass is 472 g/mol. The predicted molar refractivity (Wildman–Crippen MR) is 127 cm³/mol. The number of para-hydroxylation sites is 1. The third kappa shape index (κ3) is 6.16. The van der Waals surface area contributed by atoms with Gasteiger partial charge in [0, 0.05) is 39.3 Å². The lowest BCUT2D eigenvalue weighted by Gasteiger charge is -2.35. The first-order chi connectivity index (χ1) is 16.0. The van der Waals surface area contributed by atoms with Crippen LogP contribution in [-0.2, 0) is 16.1 Å². The van der Waals surface area contributed by atoms with Crippen LogP contribution in [0.3, 0.4) is 0 Å². The molecule has 0 bridgehead atoms. The molecule has 176 valence electrons. The highest BCUT2D eigenvalue weighted by atomic mass is 35.5. The Morgan fingerprint density at radius 1 is 1.00 bits per heavy atom. The van der Waals surface area contributed by atoms with Crippen LogP contribution in [0.15, 0.2) is 42.5 Å². The Balaban J connectivity index is 1.22. The summed E-state index contributed by atoms with van der Waals surface area (Å²) in [6.07, 6.45) is 0. The lowest BCUT2D eigenvalue weighted by molar-refractivity contribution is -0.133. The van der Waals surface area contributed by atoms with Gasteiger partial charge in [-0.15, -0.1) is 0 Å². The van der Waals surface area contributed by atoms with Gasteiger partial charge in [0.1, 0.15) is 0 Å². The summed E-state index contributed by atoms with van der Waals surface area (Å²) in [5.74, 6) is 1.48. The molecule has 1 N–H and O–H groups in total. The molecule has 1 fully saturated rings. The Morgan fingerprint density at radius 3 is 2.42 bits per heavy atom. The second-order valence-corrected chi connectivity index (χ2v) is 8.58. The summed E-state index contributed by atoms with van der Waals surface area (Å²) >= 11 is 6.11. The van der Waals surface area contributed by atoms with E-state index in [1.807, 2.05) is 42.2 Å². The number of hydrogen-bond donors (Lipinski definition) is 1. The number of likely N-dealkylation sites (N-methyl/N-ethyl adjacent to an activating group) is 1. The molecule has 1 saturated heterocycles. The minimum Gasteiger partial charge on any atom is -0.454 e. The van der Waals surface area contributed by atoms with Gasteiger partial charge in [0.25, 0.3) is 0 Å². The number of fused-ring (bicyclic) bond motifs is 1. The van der Waals surface area contributed by atoms with Crippen LogP contribution in [0.25, 0.3) is 0 Å². The average molecular weight is 473 g/mol. The maximum atomic E-state index is 12.9. The topological polar surface area (TPSA) is 74.4 Å². The van der Waals surface area contributed by atoms with Crippen LogP contribution in [0.4, 0.5) is 5.69 Å². The Morgan fingerprint density at radius 2 is 1.70 bits per heavy atom. The van der Waals surface area contributed by atoms with Crippen LogP contribution in [0, 0.1) is 0 Å². The molecule has 9 heteroatoms. The zero-order valence-electron chi connectivity index (χ0n) is 18.8. The Bertz CT molecular complexity index is 994. The molecule has 2 aromatic rings. The molecule has 0 spiro atoms. The molecule has 2 aliphatic rings. The van der Waals surface area contributed by atoms with Crippen molar-refractivity contribution in [1.82, 2.24) is 14.7 Å². The Labute approximate surface area is 199 Å². The van der Waals surface area contributed by atoms with Gasteiger partial charge < -0.3 is 19.7 Å². The number of halogens is 1. The average Bonchev–Trinajstić information content (AvgIpc) is 3.28. The van der Waals surface area contributed by atoms with E-state index in [1.54, 1.807) is 12.1 Å². The van der Waals surface area contributed by atoms with Crippen molar-refractivity contribution < 1.29 is 19.1 Å². The minimum absolute atomic E-state index is 0.0893. The Hall–Kier alpha value is -2.81. The van der Waals surface area contributed by atoms with E-state index < -0.39 is 0 Å². The molecule has 8 nitrogen and oxygen atoms in total. The van der Waals surface area contributed by atoms with E-state index in [4.69, 9.17) is 21.1 Å². The van der Waals surface area contributed by atoms with Crippen LogP contribution in [0.2, 0.25) is 5.02 Å². The van der Waals surface area contributed by atoms with Crippen LogP contribution >= 0.6 is 11.6 Å². The van der Waals surface area contributed by atoms with Crippen molar-refractivity contribution in [1.29, 1.82) is 0 Å². The van der Waals surface area contributed by atoms with Crippen molar-refractivity contribution in [3.63, 3.8) is 0 Å². The van der Waals surface area contributed by atoms with Crippen molar-refractivity contribution in [2.75, 3.05) is 57.9 Å². The summed E-state index contributed by atoms with van der Waals surface area (Å²) in [6.45, 7) is 7.03. The van der Waals surface area contributed by atoms with Crippen LogP contribution in [0.5, 0.6) is 11.5 Å². The molecular weight excluding hydrogens is 444 g/mol. The minimum atomic E-state index is -0.0893. The predicted octanol–water partition coefficient (Wildman–Crippen LogP) is 2.67. The SMILES string of the molecule is CCN(Cc1ccc2c(c1)OCO2)C(=O)CN1CCN(CC(=O)Nc2ccccc2Cl)CC1. The molecule has 2 aliphatic heterocycles. The number of carbonyl (C=O) groups excluding carboxylic acids is 2. The maximum Gasteiger partial charge on any atom is 0.238 e. The Kier molecular flexibility index (Phi) is 7.69. The number of ether oxygens (including phenoxy) is 2. The molecule has 0 unspecified atom stereocenters. The number of anilines is 1. The normalized spacial score (nSPS) is 15.9. The van der Waals surface area contributed by atoms with Crippen LogP contribution < -0.4 is 14.8 Å². The molecule has 0 saturated carbocycles. The first-order valence-corrected chi connectivity index (χ1v) is 11.5. The van der Waals surface area contributed by atoms with Crippen molar-refractivity contribution in [3.05, 3.63) is 53.1 Å². The molecule has 2 heterocycles. The number of amides is 2. The molecule has 4 rings (SSSR count). The lowest BCUT2D eigenvalue weighted by atomic mass is 10.2. The number of nitrogens with zero attached hydrogens (tertiary/aromatic N) is 3. The van der Waals surface area contributed by atoms with E-state index in [0.717, 1.165) is 43.2 Å². The van der Waals surface area contributed by atoms with Crippen LogP contribution in [-0.4, -0.2) is 79.1 Å². The third-order valence-corrected chi connectivity index (χ3v) is 6.21. The number of hydrogen-bond acceptors (Lipinski definition) is 6. The number of carbonyl (C=O) groups is 2. The van der Waals surface area contributed by atoms with Gasteiger partial charge in [-0.2, -0.15) is 0 Å². The largest absolute Gasteiger partial charge is 0.454 e. The van der Waals surface area contributed by atoms with E-state index in [-0.39, 0.29) is 18.6 Å². The van der Waals surface area contributed by atoms with Crippen LogP contribution in [0.1, 0.15) is 12.5 Å². The zero-order valence-corrected chi connectivity index (χ0v) is 19.5. The molecule has 0 radical (unpaired) electrons. The molecule has 2 amide bonds. The standard InChI is InChI=1S/C24H29ClN4O4/c1-2-29(14-18-7-8-21-22(13-18)33-17-32-21)24(31)16-28-11-9-27(10-12-28)15-23(30)26-20-6-4-3-5-19(20)25/h3-8,13H,2,9-12,14-17H2,1H3,(H,26,30). The zero-order chi connectivity index (χ0) is 23.2. The molecular formula is C24H29ClN4O4. The summed E-state index contributed by atoms with van der Waals surface area (Å²) in [4.78, 5) is 31.4. The number of rotatable bonds is 8. The molecule has 0 atom stereocenters. The molecule has 0 aliphatic carbocycles. The highest BCUT2D eigenvalue weighted by Crippen LogP contribution is 2.32. The second-order valence-electron chi connectivity index (χ2n) is 8.18. The van der Waals surface area contributed by atoms with Gasteiger partial charge in [0.05, 0.1) is 23.8 Å². The van der Waals surface area contributed by atoms with Gasteiger partial charge in [0.15, 0.2) is 11.5 Å². The highest BCUT2D eigenvalue weighted by molar-refractivity contribution is 6.33. The molecule has 33 heavy (non-hydrogen) atoms. The number of nitrogens with one attached hydrogen (secondary N) is 1. The summed E-state index contributed by atoms with van der Waals surface area (Å²) in [5.41, 5.74) is 1.64.